The van der Waals surface area contributed by atoms with E-state index in [9.17, 15) is 9.59 Å². The summed E-state index contributed by atoms with van der Waals surface area (Å²) in [4.78, 5) is 24.4. The Morgan fingerprint density at radius 2 is 2.31 bits per heavy atom. The van der Waals surface area contributed by atoms with Gasteiger partial charge in [0, 0.05) is 20.0 Å². The van der Waals surface area contributed by atoms with Crippen molar-refractivity contribution >= 4 is 12.3 Å². The molecule has 1 heterocycles. The molecule has 0 radical (unpaired) electrons. The lowest BCUT2D eigenvalue weighted by Gasteiger charge is -2.35. The summed E-state index contributed by atoms with van der Waals surface area (Å²) in [5, 5.41) is 8.70. The van der Waals surface area contributed by atoms with Crippen LogP contribution in [-0.2, 0) is 9.59 Å². The van der Waals surface area contributed by atoms with E-state index in [2.05, 4.69) is 0 Å². The third-order valence-corrected chi connectivity index (χ3v) is 2.15. The molecule has 1 saturated heterocycles. The second-order valence-corrected chi connectivity index (χ2v) is 2.95. The topological polar surface area (TPSA) is 64.4 Å². The van der Waals surface area contributed by atoms with Gasteiger partial charge in [0.1, 0.15) is 6.04 Å². The van der Waals surface area contributed by atoms with Gasteiger partial charge in [-0.25, -0.2) is 0 Å². The van der Waals surface area contributed by atoms with Crippen LogP contribution < -0.4 is 0 Å². The van der Waals surface area contributed by atoms with Gasteiger partial charge < -0.3 is 9.80 Å². The van der Waals surface area contributed by atoms with Crippen molar-refractivity contribution in [3.05, 3.63) is 0 Å². The molecule has 5 nitrogen and oxygen atoms in total. The Hall–Kier alpha value is -1.57. The first-order chi connectivity index (χ1) is 6.19. The first-order valence-electron chi connectivity index (χ1n) is 4.05. The van der Waals surface area contributed by atoms with Crippen LogP contribution in [0, 0.1) is 11.3 Å². The highest BCUT2D eigenvalue weighted by molar-refractivity contribution is 5.73. The molecule has 1 rings (SSSR count). The summed E-state index contributed by atoms with van der Waals surface area (Å²) in [5.74, 6) is -0.0502. The lowest BCUT2D eigenvalue weighted by atomic mass is 10.2. The maximum absolute atomic E-state index is 11.0. The summed E-state index contributed by atoms with van der Waals surface area (Å²) in [6.45, 7) is 2.75. The van der Waals surface area contributed by atoms with Gasteiger partial charge in [0.15, 0.2) is 0 Å². The van der Waals surface area contributed by atoms with Crippen molar-refractivity contribution in [2.24, 2.45) is 0 Å². The average molecular weight is 181 g/mol. The summed E-state index contributed by atoms with van der Waals surface area (Å²) in [5.41, 5.74) is 0. The Balaban J connectivity index is 2.63. The highest BCUT2D eigenvalue weighted by atomic mass is 16.2. The maximum atomic E-state index is 11.0. The van der Waals surface area contributed by atoms with Crippen LogP contribution >= 0.6 is 0 Å². The standard InChI is InChI=1S/C8H11N3O2/c1-7(13)10-2-3-11(6-12)8(4-9)5-10/h6,8H,2-3,5H2,1H3/t8-/m1/s1. The van der Waals surface area contributed by atoms with Crippen molar-refractivity contribution in [3.63, 3.8) is 0 Å². The summed E-state index contributed by atoms with van der Waals surface area (Å²) in [6.07, 6.45) is 0.658. The lowest BCUT2D eigenvalue weighted by molar-refractivity contribution is -0.134. The van der Waals surface area contributed by atoms with Crippen LogP contribution in [0.2, 0.25) is 0 Å². The second kappa shape index (κ2) is 3.90. The molecular weight excluding hydrogens is 170 g/mol. The lowest BCUT2D eigenvalue weighted by Crippen LogP contribution is -2.53. The number of carbonyl (C=O) groups excluding carboxylic acids is 2. The summed E-state index contributed by atoms with van der Waals surface area (Å²) in [6, 6.07) is 1.50. The fourth-order valence-electron chi connectivity index (χ4n) is 1.32. The average Bonchev–Trinajstić information content (AvgIpc) is 2.16. The molecule has 1 aliphatic heterocycles. The van der Waals surface area contributed by atoms with Crippen molar-refractivity contribution in [2.45, 2.75) is 13.0 Å². The molecule has 1 fully saturated rings. The van der Waals surface area contributed by atoms with E-state index in [0.29, 0.717) is 26.0 Å². The zero-order valence-electron chi connectivity index (χ0n) is 7.43. The Kier molecular flexibility index (Phi) is 2.85. The van der Waals surface area contributed by atoms with Crippen LogP contribution in [0.3, 0.4) is 0 Å². The van der Waals surface area contributed by atoms with Gasteiger partial charge in [-0.3, -0.25) is 9.59 Å². The summed E-state index contributed by atoms with van der Waals surface area (Å²) >= 11 is 0. The van der Waals surface area contributed by atoms with Crippen LogP contribution in [0.5, 0.6) is 0 Å². The van der Waals surface area contributed by atoms with Gasteiger partial charge in [0.05, 0.1) is 12.6 Å². The van der Waals surface area contributed by atoms with E-state index in [1.54, 1.807) is 4.90 Å². The molecular formula is C8H11N3O2. The third-order valence-electron chi connectivity index (χ3n) is 2.15. The van der Waals surface area contributed by atoms with Crippen molar-refractivity contribution in [1.82, 2.24) is 9.80 Å². The molecule has 0 spiro atoms. The summed E-state index contributed by atoms with van der Waals surface area (Å²) in [7, 11) is 0. The molecule has 1 aliphatic rings. The van der Waals surface area contributed by atoms with E-state index in [1.165, 1.54) is 11.8 Å². The number of piperazine rings is 1. The Bertz CT molecular complexity index is 259. The van der Waals surface area contributed by atoms with Gasteiger partial charge in [-0.15, -0.1) is 0 Å². The number of amides is 2. The van der Waals surface area contributed by atoms with E-state index in [-0.39, 0.29) is 5.91 Å². The molecule has 5 heteroatoms. The van der Waals surface area contributed by atoms with Crippen molar-refractivity contribution in [3.8, 4) is 6.07 Å². The Morgan fingerprint density at radius 3 is 2.77 bits per heavy atom. The predicted octanol–water partition coefficient (Wildman–Crippen LogP) is -0.801. The SMILES string of the molecule is CC(=O)N1CCN(C=O)[C@H](C#N)C1. The van der Waals surface area contributed by atoms with Gasteiger partial charge in [-0.05, 0) is 0 Å². The minimum Gasteiger partial charge on any atom is -0.338 e. The minimum absolute atomic E-state index is 0.0502. The molecule has 0 bridgehead atoms. The summed E-state index contributed by atoms with van der Waals surface area (Å²) < 4.78 is 0. The number of hydrogen-bond acceptors (Lipinski definition) is 3. The molecule has 0 aromatic carbocycles. The third kappa shape index (κ3) is 1.96. The predicted molar refractivity (Wildman–Crippen MR) is 44.4 cm³/mol. The van der Waals surface area contributed by atoms with E-state index in [4.69, 9.17) is 5.26 Å². The van der Waals surface area contributed by atoms with Crippen LogP contribution in [0.1, 0.15) is 6.92 Å². The molecule has 0 N–H and O–H groups in total. The zero-order valence-corrected chi connectivity index (χ0v) is 7.43. The van der Waals surface area contributed by atoms with Gasteiger partial charge in [-0.2, -0.15) is 5.26 Å². The smallest absolute Gasteiger partial charge is 0.219 e. The number of rotatable bonds is 1. The number of carbonyl (C=O) groups is 2. The number of nitriles is 1. The van der Waals surface area contributed by atoms with E-state index in [0.717, 1.165) is 0 Å². The first-order valence-corrected chi connectivity index (χ1v) is 4.05. The molecule has 1 atom stereocenters. The Labute approximate surface area is 76.5 Å². The first kappa shape index (κ1) is 9.52. The quantitative estimate of drug-likeness (QED) is 0.497. The molecule has 0 saturated carbocycles. The molecule has 70 valence electrons. The number of nitrogens with zero attached hydrogens (tertiary/aromatic N) is 3. The van der Waals surface area contributed by atoms with Gasteiger partial charge in [0.2, 0.25) is 12.3 Å². The monoisotopic (exact) mass is 181 g/mol. The van der Waals surface area contributed by atoms with Gasteiger partial charge >= 0.3 is 0 Å². The molecule has 13 heavy (non-hydrogen) atoms. The van der Waals surface area contributed by atoms with Gasteiger partial charge in [0.25, 0.3) is 0 Å². The van der Waals surface area contributed by atoms with Crippen molar-refractivity contribution < 1.29 is 9.59 Å². The molecule has 0 aliphatic carbocycles. The van der Waals surface area contributed by atoms with Crippen LogP contribution in [0.25, 0.3) is 0 Å². The second-order valence-electron chi connectivity index (χ2n) is 2.95. The largest absolute Gasteiger partial charge is 0.338 e. The van der Waals surface area contributed by atoms with E-state index >= 15 is 0 Å². The van der Waals surface area contributed by atoms with Crippen molar-refractivity contribution in [2.75, 3.05) is 19.6 Å². The van der Waals surface area contributed by atoms with E-state index < -0.39 is 6.04 Å². The zero-order chi connectivity index (χ0) is 9.84. The maximum Gasteiger partial charge on any atom is 0.219 e. The highest BCUT2D eigenvalue weighted by Gasteiger charge is 2.26. The minimum atomic E-state index is -0.491. The fourth-order valence-corrected chi connectivity index (χ4v) is 1.32. The normalized spacial score (nSPS) is 22.3. The highest BCUT2D eigenvalue weighted by Crippen LogP contribution is 2.06. The Morgan fingerprint density at radius 1 is 1.62 bits per heavy atom. The van der Waals surface area contributed by atoms with E-state index in [1.807, 2.05) is 6.07 Å². The molecule has 0 aromatic rings. The van der Waals surface area contributed by atoms with Crippen LogP contribution in [0.15, 0.2) is 0 Å². The molecule has 0 unspecified atom stereocenters. The van der Waals surface area contributed by atoms with Crippen LogP contribution in [-0.4, -0.2) is 47.8 Å². The molecule has 2 amide bonds. The van der Waals surface area contributed by atoms with Crippen LogP contribution in [0.4, 0.5) is 0 Å². The van der Waals surface area contributed by atoms with Gasteiger partial charge in [-0.1, -0.05) is 0 Å². The number of hydrogen-bond donors (Lipinski definition) is 0. The molecule has 0 aromatic heterocycles. The fraction of sp³-hybridized carbons (Fsp3) is 0.625. The van der Waals surface area contributed by atoms with Crippen molar-refractivity contribution in [1.29, 1.82) is 5.26 Å².